The molecule has 2 N–H and O–H groups in total. The maximum Gasteiger partial charge on any atom is 0.267 e. The number of benzene rings is 2. The number of nitrogens with one attached hydrogen (secondary N) is 1. The van der Waals surface area contributed by atoms with Gasteiger partial charge in [0.05, 0.1) is 11.2 Å². The van der Waals surface area contributed by atoms with Gasteiger partial charge < -0.3 is 24.8 Å². The van der Waals surface area contributed by atoms with Gasteiger partial charge in [-0.15, -0.1) is 12.4 Å². The second kappa shape index (κ2) is 10.4. The molecule has 2 aromatic carbocycles. The Morgan fingerprint density at radius 1 is 1.12 bits per heavy atom. The van der Waals surface area contributed by atoms with Crippen LogP contribution in [0.4, 0.5) is 15.8 Å². The number of aromatic nitrogens is 1. The van der Waals surface area contributed by atoms with Gasteiger partial charge in [-0.3, -0.25) is 9.59 Å². The Hall–Kier alpha value is -3.10. The summed E-state index contributed by atoms with van der Waals surface area (Å²) in [5, 5.41) is 13.9. The fourth-order valence-corrected chi connectivity index (χ4v) is 4.21. The van der Waals surface area contributed by atoms with Gasteiger partial charge in [-0.05, 0) is 43.3 Å². The SMILES string of the molecule is CC(C)Cn1c(=O)c(C(=O)Nc2ccc(F)c(N3CCN(C)CC3)c2)c(O)c2ccccc21.Cl. The van der Waals surface area contributed by atoms with Gasteiger partial charge in [0, 0.05) is 43.8 Å². The number of hydrogen-bond acceptors (Lipinski definition) is 5. The molecule has 0 saturated carbocycles. The number of aromatic hydroxyl groups is 1. The van der Waals surface area contributed by atoms with Gasteiger partial charge in [0.1, 0.15) is 17.1 Å². The zero-order chi connectivity index (χ0) is 23.7. The quantitative estimate of drug-likeness (QED) is 0.569. The standard InChI is InChI=1S/C25H29FN4O3.ClH/c1-16(2)15-30-20-7-5-4-6-18(20)23(31)22(25(30)33)24(32)27-17-8-9-19(26)21(14-17)29-12-10-28(3)11-13-29;/h4-9,14,16,31H,10-13,15H2,1-3H3,(H,27,32);1H. The number of anilines is 2. The number of pyridine rings is 1. The zero-order valence-corrected chi connectivity index (χ0v) is 20.4. The molecule has 0 unspecified atom stereocenters. The third-order valence-electron chi connectivity index (χ3n) is 5.97. The van der Waals surface area contributed by atoms with E-state index >= 15 is 0 Å². The molecule has 1 aliphatic rings. The summed E-state index contributed by atoms with van der Waals surface area (Å²) in [5.41, 5.74) is 0.460. The molecule has 1 fully saturated rings. The molecule has 3 aromatic rings. The van der Waals surface area contributed by atoms with Crippen molar-refractivity contribution in [2.24, 2.45) is 5.92 Å². The topological polar surface area (TPSA) is 77.8 Å². The fraction of sp³-hybridized carbons (Fsp3) is 0.360. The van der Waals surface area contributed by atoms with Crippen molar-refractivity contribution in [2.45, 2.75) is 20.4 Å². The third-order valence-corrected chi connectivity index (χ3v) is 5.97. The normalized spacial score (nSPS) is 14.3. The van der Waals surface area contributed by atoms with E-state index in [0.29, 0.717) is 41.9 Å². The van der Waals surface area contributed by atoms with Crippen molar-refractivity contribution in [3.63, 3.8) is 0 Å². The van der Waals surface area contributed by atoms with Gasteiger partial charge in [-0.1, -0.05) is 26.0 Å². The highest BCUT2D eigenvalue weighted by Gasteiger charge is 2.24. The number of nitrogens with zero attached hydrogens (tertiary/aromatic N) is 3. The Bertz CT molecular complexity index is 1250. The van der Waals surface area contributed by atoms with E-state index in [-0.39, 0.29) is 35.5 Å². The lowest BCUT2D eigenvalue weighted by molar-refractivity contribution is 0.102. The average molecular weight is 489 g/mol. The minimum absolute atomic E-state index is 0. The van der Waals surface area contributed by atoms with E-state index in [1.54, 1.807) is 30.3 Å². The van der Waals surface area contributed by atoms with Crippen LogP contribution in [0.2, 0.25) is 0 Å². The van der Waals surface area contributed by atoms with Crippen molar-refractivity contribution in [2.75, 3.05) is 43.4 Å². The van der Waals surface area contributed by atoms with Gasteiger partial charge in [-0.2, -0.15) is 0 Å². The van der Waals surface area contributed by atoms with Gasteiger partial charge in [0.15, 0.2) is 0 Å². The summed E-state index contributed by atoms with van der Waals surface area (Å²) in [6, 6.07) is 11.3. The van der Waals surface area contributed by atoms with Crippen LogP contribution >= 0.6 is 12.4 Å². The van der Waals surface area contributed by atoms with Crippen LogP contribution in [0, 0.1) is 11.7 Å². The molecule has 0 radical (unpaired) electrons. The summed E-state index contributed by atoms with van der Waals surface area (Å²) in [7, 11) is 2.02. The lowest BCUT2D eigenvalue weighted by atomic mass is 10.1. The monoisotopic (exact) mass is 488 g/mol. The van der Waals surface area contributed by atoms with E-state index in [1.165, 1.54) is 16.7 Å². The van der Waals surface area contributed by atoms with Crippen LogP contribution in [-0.4, -0.2) is 53.7 Å². The molecule has 0 atom stereocenters. The molecule has 182 valence electrons. The van der Waals surface area contributed by atoms with E-state index in [4.69, 9.17) is 0 Å². The highest BCUT2D eigenvalue weighted by Crippen LogP contribution is 2.29. The number of carbonyl (C=O) groups is 1. The van der Waals surface area contributed by atoms with Crippen LogP contribution in [0.25, 0.3) is 10.9 Å². The average Bonchev–Trinajstić information content (AvgIpc) is 2.78. The Morgan fingerprint density at radius 2 is 1.79 bits per heavy atom. The molecule has 0 bridgehead atoms. The van der Waals surface area contributed by atoms with E-state index in [1.807, 2.05) is 25.8 Å². The molecule has 0 aliphatic carbocycles. The Kier molecular flexibility index (Phi) is 7.84. The summed E-state index contributed by atoms with van der Waals surface area (Å²) >= 11 is 0. The molecule has 4 rings (SSSR count). The van der Waals surface area contributed by atoms with Gasteiger partial charge in [0.25, 0.3) is 11.5 Å². The minimum atomic E-state index is -0.725. The Morgan fingerprint density at radius 3 is 2.47 bits per heavy atom. The number of piperazine rings is 1. The first-order valence-electron chi connectivity index (χ1n) is 11.1. The number of carbonyl (C=O) groups excluding carboxylic acids is 1. The van der Waals surface area contributed by atoms with Crippen LogP contribution in [0.5, 0.6) is 5.75 Å². The number of para-hydroxylation sites is 1. The number of halogens is 2. The number of hydrogen-bond donors (Lipinski definition) is 2. The van der Waals surface area contributed by atoms with Gasteiger partial charge in [-0.25, -0.2) is 4.39 Å². The van der Waals surface area contributed by atoms with Crippen LogP contribution in [0.3, 0.4) is 0 Å². The molecular formula is C25H30ClFN4O3. The fourth-order valence-electron chi connectivity index (χ4n) is 4.21. The zero-order valence-electron chi connectivity index (χ0n) is 19.5. The second-order valence-corrected chi connectivity index (χ2v) is 8.96. The first-order valence-corrected chi connectivity index (χ1v) is 11.1. The third kappa shape index (κ3) is 5.03. The minimum Gasteiger partial charge on any atom is -0.506 e. The number of rotatable bonds is 5. The predicted octanol–water partition coefficient (Wildman–Crippen LogP) is 3.93. The van der Waals surface area contributed by atoms with Crippen LogP contribution < -0.4 is 15.8 Å². The summed E-state index contributed by atoms with van der Waals surface area (Å²) in [6.07, 6.45) is 0. The van der Waals surface area contributed by atoms with Crippen molar-refractivity contribution in [1.29, 1.82) is 0 Å². The Labute approximate surface area is 204 Å². The molecule has 0 spiro atoms. The largest absolute Gasteiger partial charge is 0.506 e. The van der Waals surface area contributed by atoms with Crippen LogP contribution in [0.1, 0.15) is 24.2 Å². The molecule has 9 heteroatoms. The first kappa shape index (κ1) is 25.5. The van der Waals surface area contributed by atoms with E-state index < -0.39 is 11.5 Å². The molecule has 1 aromatic heterocycles. The van der Waals surface area contributed by atoms with Crippen molar-refractivity contribution in [3.8, 4) is 5.75 Å². The van der Waals surface area contributed by atoms with Crippen molar-refractivity contribution >= 4 is 40.6 Å². The molecule has 34 heavy (non-hydrogen) atoms. The summed E-state index contributed by atoms with van der Waals surface area (Å²) in [4.78, 5) is 30.5. The lowest BCUT2D eigenvalue weighted by Gasteiger charge is -2.34. The van der Waals surface area contributed by atoms with Crippen molar-refractivity contribution < 1.29 is 14.3 Å². The van der Waals surface area contributed by atoms with Gasteiger partial charge >= 0.3 is 0 Å². The van der Waals surface area contributed by atoms with Crippen LogP contribution in [0.15, 0.2) is 47.3 Å². The molecule has 1 aliphatic heterocycles. The van der Waals surface area contributed by atoms with Crippen molar-refractivity contribution in [3.05, 3.63) is 64.2 Å². The molecule has 2 heterocycles. The molecule has 7 nitrogen and oxygen atoms in total. The van der Waals surface area contributed by atoms with Gasteiger partial charge in [0.2, 0.25) is 0 Å². The molecule has 1 saturated heterocycles. The Balaban J connectivity index is 0.00000324. The maximum absolute atomic E-state index is 14.5. The summed E-state index contributed by atoms with van der Waals surface area (Å²) < 4.78 is 16.1. The highest BCUT2D eigenvalue weighted by molar-refractivity contribution is 6.09. The predicted molar refractivity (Wildman–Crippen MR) is 136 cm³/mol. The molecular weight excluding hydrogens is 459 g/mol. The number of fused-ring (bicyclic) bond motifs is 1. The van der Waals surface area contributed by atoms with E-state index in [9.17, 15) is 19.1 Å². The van der Waals surface area contributed by atoms with Crippen molar-refractivity contribution in [1.82, 2.24) is 9.47 Å². The second-order valence-electron chi connectivity index (χ2n) is 8.96. The summed E-state index contributed by atoms with van der Waals surface area (Å²) in [6.45, 7) is 7.35. The molecule has 1 amide bonds. The maximum atomic E-state index is 14.5. The number of amides is 1. The highest BCUT2D eigenvalue weighted by atomic mass is 35.5. The number of likely N-dealkylation sites (N-methyl/N-ethyl adjacent to an activating group) is 1. The van der Waals surface area contributed by atoms with E-state index in [2.05, 4.69) is 10.2 Å². The van der Waals surface area contributed by atoms with E-state index in [0.717, 1.165) is 13.1 Å². The lowest BCUT2D eigenvalue weighted by Crippen LogP contribution is -2.44. The van der Waals surface area contributed by atoms with Crippen LogP contribution in [-0.2, 0) is 6.54 Å². The smallest absolute Gasteiger partial charge is 0.267 e. The first-order chi connectivity index (χ1) is 15.8. The summed E-state index contributed by atoms with van der Waals surface area (Å²) in [5.74, 6) is -1.29.